The number of nitrogens with zero attached hydrogens (tertiary/aromatic N) is 4. The Morgan fingerprint density at radius 1 is 1.21 bits per heavy atom. The van der Waals surface area contributed by atoms with Crippen LogP contribution in [-0.4, -0.2) is 33.3 Å². The second kappa shape index (κ2) is 7.47. The van der Waals surface area contributed by atoms with E-state index in [0.29, 0.717) is 17.0 Å². The first-order chi connectivity index (χ1) is 13.3. The van der Waals surface area contributed by atoms with Gasteiger partial charge in [-0.05, 0) is 25.1 Å². The number of methoxy groups -OCH3 is 1. The molecular formula is C19H19N5O4. The van der Waals surface area contributed by atoms with E-state index in [0.717, 1.165) is 4.57 Å². The summed E-state index contributed by atoms with van der Waals surface area (Å²) < 4.78 is 7.46. The number of hydrazone groups is 1. The maximum atomic E-state index is 12.5. The van der Waals surface area contributed by atoms with E-state index in [1.54, 1.807) is 26.2 Å². The Kier molecular flexibility index (Phi) is 5.08. The summed E-state index contributed by atoms with van der Waals surface area (Å²) in [5.74, 6) is 0.0995. The summed E-state index contributed by atoms with van der Waals surface area (Å²) in [6.45, 7) is 1.63. The molecule has 0 aliphatic heterocycles. The van der Waals surface area contributed by atoms with E-state index in [2.05, 4.69) is 15.5 Å². The number of pyridine rings is 1. The average Bonchev–Trinajstić information content (AvgIpc) is 2.70. The molecule has 1 N–H and O–H groups in total. The van der Waals surface area contributed by atoms with Crippen LogP contribution in [0.4, 0.5) is 0 Å². The largest absolute Gasteiger partial charge is 0.496 e. The molecule has 0 atom stereocenters. The van der Waals surface area contributed by atoms with E-state index in [4.69, 9.17) is 4.74 Å². The highest BCUT2D eigenvalue weighted by Crippen LogP contribution is 2.15. The molecule has 0 saturated heterocycles. The van der Waals surface area contributed by atoms with E-state index in [1.807, 2.05) is 12.1 Å². The summed E-state index contributed by atoms with van der Waals surface area (Å²) in [7, 11) is 4.44. The van der Waals surface area contributed by atoms with Crippen molar-refractivity contribution >= 4 is 23.2 Å². The molecule has 144 valence electrons. The summed E-state index contributed by atoms with van der Waals surface area (Å²) in [6.07, 6.45) is 1.46. The number of fused-ring (bicyclic) bond motifs is 1. The molecular weight excluding hydrogens is 362 g/mol. The van der Waals surface area contributed by atoms with E-state index in [9.17, 15) is 14.4 Å². The van der Waals surface area contributed by atoms with Crippen LogP contribution in [0.2, 0.25) is 0 Å². The second-order valence-corrected chi connectivity index (χ2v) is 6.14. The third-order valence-electron chi connectivity index (χ3n) is 4.37. The number of carbonyl (C=O) groups excluding carboxylic acids is 1. The Bertz CT molecular complexity index is 1220. The molecule has 0 fully saturated rings. The zero-order valence-electron chi connectivity index (χ0n) is 15.9. The van der Waals surface area contributed by atoms with Gasteiger partial charge in [-0.25, -0.2) is 15.2 Å². The van der Waals surface area contributed by atoms with Crippen molar-refractivity contribution in [1.82, 2.24) is 19.5 Å². The molecule has 3 aromatic rings. The van der Waals surface area contributed by atoms with Gasteiger partial charge in [0.2, 0.25) is 0 Å². The van der Waals surface area contributed by atoms with Gasteiger partial charge in [0.1, 0.15) is 11.4 Å². The topological polar surface area (TPSA) is 108 Å². The van der Waals surface area contributed by atoms with Crippen molar-refractivity contribution in [2.45, 2.75) is 6.92 Å². The number of aryl methyl sites for hydroxylation is 2. The number of amides is 1. The highest BCUT2D eigenvalue weighted by molar-refractivity contribution is 5.98. The lowest BCUT2D eigenvalue weighted by Gasteiger charge is -2.10. The van der Waals surface area contributed by atoms with Crippen molar-refractivity contribution in [1.29, 1.82) is 0 Å². The van der Waals surface area contributed by atoms with Gasteiger partial charge in [-0.2, -0.15) is 5.10 Å². The molecule has 28 heavy (non-hydrogen) atoms. The van der Waals surface area contributed by atoms with Crippen LogP contribution in [0.15, 0.2) is 45.0 Å². The average molecular weight is 381 g/mol. The predicted octanol–water partition coefficient (Wildman–Crippen LogP) is 0.713. The second-order valence-electron chi connectivity index (χ2n) is 6.14. The fraction of sp³-hybridized carbons (Fsp3) is 0.211. The molecule has 0 spiro atoms. The number of para-hydroxylation sites is 1. The number of nitrogens with one attached hydrogen (secondary N) is 1. The zero-order chi connectivity index (χ0) is 20.4. The van der Waals surface area contributed by atoms with Gasteiger partial charge < -0.3 is 4.74 Å². The van der Waals surface area contributed by atoms with Crippen molar-refractivity contribution in [3.8, 4) is 5.75 Å². The first kappa shape index (κ1) is 19.0. The van der Waals surface area contributed by atoms with E-state index < -0.39 is 17.2 Å². The lowest BCUT2D eigenvalue weighted by atomic mass is 10.1. The first-order valence-corrected chi connectivity index (χ1v) is 8.39. The predicted molar refractivity (Wildman–Crippen MR) is 105 cm³/mol. The van der Waals surface area contributed by atoms with E-state index >= 15 is 0 Å². The molecule has 0 aliphatic carbocycles. The van der Waals surface area contributed by atoms with Crippen LogP contribution in [0.3, 0.4) is 0 Å². The van der Waals surface area contributed by atoms with Gasteiger partial charge in [0.15, 0.2) is 0 Å². The van der Waals surface area contributed by atoms with Gasteiger partial charge in [-0.15, -0.1) is 0 Å². The van der Waals surface area contributed by atoms with Crippen molar-refractivity contribution < 1.29 is 9.53 Å². The summed E-state index contributed by atoms with van der Waals surface area (Å²) in [4.78, 5) is 41.2. The Balaban J connectivity index is 1.96. The van der Waals surface area contributed by atoms with Crippen LogP contribution in [-0.2, 0) is 14.1 Å². The SMILES string of the molecule is COc1ccccc1/C=N\NC(=O)c1cc2c(=O)n(C)c(=O)n(C)c2nc1C. The molecule has 3 rings (SSSR count). The number of ether oxygens (including phenoxy) is 1. The van der Waals surface area contributed by atoms with E-state index in [-0.39, 0.29) is 16.6 Å². The lowest BCUT2D eigenvalue weighted by molar-refractivity contribution is 0.0954. The molecule has 1 aromatic carbocycles. The normalized spacial score (nSPS) is 11.1. The van der Waals surface area contributed by atoms with Crippen LogP contribution in [0.25, 0.3) is 11.0 Å². The summed E-state index contributed by atoms with van der Waals surface area (Å²) in [5, 5.41) is 4.12. The highest BCUT2D eigenvalue weighted by atomic mass is 16.5. The minimum Gasteiger partial charge on any atom is -0.496 e. The monoisotopic (exact) mass is 381 g/mol. The van der Waals surface area contributed by atoms with Gasteiger partial charge in [0.05, 0.1) is 30.0 Å². The molecule has 0 bridgehead atoms. The van der Waals surface area contributed by atoms with Crippen LogP contribution in [0.5, 0.6) is 5.75 Å². The molecule has 0 unspecified atom stereocenters. The number of rotatable bonds is 4. The number of hydrogen-bond acceptors (Lipinski definition) is 6. The van der Waals surface area contributed by atoms with Gasteiger partial charge in [0.25, 0.3) is 11.5 Å². The molecule has 0 aliphatic rings. The van der Waals surface area contributed by atoms with Crippen LogP contribution in [0, 0.1) is 6.92 Å². The van der Waals surface area contributed by atoms with Gasteiger partial charge in [0, 0.05) is 19.7 Å². The third-order valence-corrected chi connectivity index (χ3v) is 4.37. The Morgan fingerprint density at radius 2 is 1.93 bits per heavy atom. The third kappa shape index (κ3) is 3.29. The van der Waals surface area contributed by atoms with Gasteiger partial charge in [-0.1, -0.05) is 12.1 Å². The Labute approximate surface area is 159 Å². The van der Waals surface area contributed by atoms with Crippen molar-refractivity contribution in [2.24, 2.45) is 19.2 Å². The maximum Gasteiger partial charge on any atom is 0.332 e. The summed E-state index contributed by atoms with van der Waals surface area (Å²) in [6, 6.07) is 8.64. The molecule has 1 amide bonds. The fourth-order valence-corrected chi connectivity index (χ4v) is 2.81. The summed E-state index contributed by atoms with van der Waals surface area (Å²) >= 11 is 0. The number of aromatic nitrogens is 3. The quantitative estimate of drug-likeness (QED) is 0.529. The minimum absolute atomic E-state index is 0.175. The standard InChI is InChI=1S/C19H19N5O4/c1-11-13(9-14-16(21-11)23(2)19(27)24(3)18(14)26)17(25)22-20-10-12-7-5-6-8-15(12)28-4/h5-10H,1-4H3,(H,22,25)/b20-10-. The molecule has 9 nitrogen and oxygen atoms in total. The van der Waals surface area contributed by atoms with Gasteiger partial charge in [-0.3, -0.25) is 18.7 Å². The number of carbonyl (C=O) groups is 1. The van der Waals surface area contributed by atoms with Crippen molar-refractivity contribution in [3.63, 3.8) is 0 Å². The lowest BCUT2D eigenvalue weighted by Crippen LogP contribution is -2.37. The number of benzene rings is 1. The zero-order valence-corrected chi connectivity index (χ0v) is 15.9. The molecule has 2 aromatic heterocycles. The van der Waals surface area contributed by atoms with Crippen molar-refractivity contribution in [2.75, 3.05) is 7.11 Å². The van der Waals surface area contributed by atoms with Crippen LogP contribution < -0.4 is 21.4 Å². The van der Waals surface area contributed by atoms with Gasteiger partial charge >= 0.3 is 5.69 Å². The summed E-state index contributed by atoms with van der Waals surface area (Å²) in [5.41, 5.74) is 2.91. The highest BCUT2D eigenvalue weighted by Gasteiger charge is 2.16. The Morgan fingerprint density at radius 3 is 2.64 bits per heavy atom. The molecule has 9 heteroatoms. The smallest absolute Gasteiger partial charge is 0.332 e. The maximum absolute atomic E-state index is 12.5. The molecule has 0 radical (unpaired) electrons. The van der Waals surface area contributed by atoms with Crippen LogP contribution >= 0.6 is 0 Å². The van der Waals surface area contributed by atoms with Crippen molar-refractivity contribution in [3.05, 3.63) is 68.0 Å². The first-order valence-electron chi connectivity index (χ1n) is 8.39. The minimum atomic E-state index is -0.519. The molecule has 2 heterocycles. The number of hydrogen-bond donors (Lipinski definition) is 1. The fourth-order valence-electron chi connectivity index (χ4n) is 2.81. The molecule has 0 saturated carbocycles. The van der Waals surface area contributed by atoms with Crippen LogP contribution in [0.1, 0.15) is 21.6 Å². The van der Waals surface area contributed by atoms with E-state index in [1.165, 1.54) is 30.9 Å². The Hall–Kier alpha value is -3.75.